The fraction of sp³-hybridized carbons (Fsp3) is 0.250. The zero-order valence-electron chi connectivity index (χ0n) is 16.0. The highest BCUT2D eigenvalue weighted by Crippen LogP contribution is 2.43. The van der Waals surface area contributed by atoms with E-state index in [0.717, 1.165) is 22.4 Å². The summed E-state index contributed by atoms with van der Waals surface area (Å²) in [5, 5.41) is 3.47. The molecule has 1 aromatic carbocycles. The van der Waals surface area contributed by atoms with Crippen LogP contribution in [0.3, 0.4) is 0 Å². The molecule has 0 aliphatic carbocycles. The third-order valence-corrected chi connectivity index (χ3v) is 4.77. The maximum Gasteiger partial charge on any atom is 0.0451 e. The molecule has 0 spiro atoms. The zero-order chi connectivity index (χ0) is 18.7. The predicted molar refractivity (Wildman–Crippen MR) is 109 cm³/mol. The summed E-state index contributed by atoms with van der Waals surface area (Å²) in [4.78, 5) is 0. The third kappa shape index (κ3) is 3.54. The number of dihydropyridines is 1. The van der Waals surface area contributed by atoms with Crippen LogP contribution < -0.4 is 5.32 Å². The molecule has 0 fully saturated rings. The number of aryl methyl sites for hydroxylation is 1. The van der Waals surface area contributed by atoms with Crippen molar-refractivity contribution in [1.82, 2.24) is 5.32 Å². The van der Waals surface area contributed by atoms with Gasteiger partial charge in [0, 0.05) is 23.4 Å². The largest absolute Gasteiger partial charge is 0.361 e. The van der Waals surface area contributed by atoms with Crippen LogP contribution in [0.15, 0.2) is 77.2 Å². The van der Waals surface area contributed by atoms with Crippen molar-refractivity contribution in [2.75, 3.05) is 0 Å². The minimum Gasteiger partial charge on any atom is -0.361 e. The van der Waals surface area contributed by atoms with Crippen molar-refractivity contribution in [3.8, 4) is 12.3 Å². The molecule has 128 valence electrons. The number of terminal acetylenes is 1. The molecule has 0 aromatic heterocycles. The number of nitrogens with one attached hydrogen (secondary N) is 1. The molecule has 0 saturated carbocycles. The van der Waals surface area contributed by atoms with Gasteiger partial charge >= 0.3 is 0 Å². The lowest BCUT2D eigenvalue weighted by atomic mass is 9.75. The minimum atomic E-state index is 0.105. The van der Waals surface area contributed by atoms with Crippen molar-refractivity contribution >= 4 is 0 Å². The average Bonchev–Trinajstić information content (AvgIpc) is 2.59. The van der Waals surface area contributed by atoms with E-state index >= 15 is 0 Å². The lowest BCUT2D eigenvalue weighted by Gasteiger charge is -2.33. The molecule has 0 unspecified atom stereocenters. The molecule has 1 heteroatoms. The summed E-state index contributed by atoms with van der Waals surface area (Å²) in [6, 6.07) is 6.23. The van der Waals surface area contributed by atoms with E-state index < -0.39 is 0 Å². The Bertz CT molecular complexity index is 866. The molecule has 0 radical (unpaired) electrons. The normalized spacial score (nSPS) is 17.5. The molecule has 25 heavy (non-hydrogen) atoms. The number of hydrogen-bond acceptors (Lipinski definition) is 1. The van der Waals surface area contributed by atoms with Crippen molar-refractivity contribution in [3.05, 3.63) is 93.9 Å². The summed E-state index contributed by atoms with van der Waals surface area (Å²) in [5.41, 5.74) is 10.2. The second-order valence-electron chi connectivity index (χ2n) is 6.71. The summed E-state index contributed by atoms with van der Waals surface area (Å²) in [7, 11) is 0. The monoisotopic (exact) mass is 329 g/mol. The SMILES string of the molecule is C#Cc1ccc([C@H]2C(C(=C)C)=CNC(/C(C)=C\C)=C2C(=C)C)c(C)c1. The van der Waals surface area contributed by atoms with E-state index in [1.54, 1.807) is 0 Å². The van der Waals surface area contributed by atoms with E-state index in [0.29, 0.717) is 0 Å². The first-order valence-corrected chi connectivity index (χ1v) is 8.54. The number of benzene rings is 1. The van der Waals surface area contributed by atoms with Crippen LogP contribution in [0.25, 0.3) is 0 Å². The fourth-order valence-electron chi connectivity index (χ4n) is 3.32. The van der Waals surface area contributed by atoms with Gasteiger partial charge in [-0.15, -0.1) is 6.42 Å². The van der Waals surface area contributed by atoms with Gasteiger partial charge in [0.1, 0.15) is 0 Å². The Morgan fingerprint density at radius 2 is 1.88 bits per heavy atom. The van der Waals surface area contributed by atoms with Gasteiger partial charge in [0.2, 0.25) is 0 Å². The van der Waals surface area contributed by atoms with Crippen molar-refractivity contribution < 1.29 is 0 Å². The number of allylic oxidation sites excluding steroid dienone is 6. The molecular weight excluding hydrogens is 302 g/mol. The Hall–Kier alpha value is -2.72. The Kier molecular flexibility index (Phi) is 5.55. The topological polar surface area (TPSA) is 12.0 Å². The van der Waals surface area contributed by atoms with E-state index in [-0.39, 0.29) is 5.92 Å². The van der Waals surface area contributed by atoms with Crippen molar-refractivity contribution in [1.29, 1.82) is 0 Å². The van der Waals surface area contributed by atoms with Crippen LogP contribution in [-0.2, 0) is 0 Å². The first kappa shape index (κ1) is 18.6. The number of hydrogen-bond donors (Lipinski definition) is 1. The fourth-order valence-corrected chi connectivity index (χ4v) is 3.32. The molecule has 1 aliphatic rings. The van der Waals surface area contributed by atoms with Crippen LogP contribution >= 0.6 is 0 Å². The van der Waals surface area contributed by atoms with E-state index in [9.17, 15) is 0 Å². The molecule has 1 nitrogen and oxygen atoms in total. The Balaban J connectivity index is 2.78. The van der Waals surface area contributed by atoms with Crippen molar-refractivity contribution in [2.45, 2.75) is 40.5 Å². The molecule has 2 rings (SSSR count). The van der Waals surface area contributed by atoms with E-state index in [2.05, 4.69) is 83.4 Å². The molecule has 0 saturated heterocycles. The summed E-state index contributed by atoms with van der Waals surface area (Å²) < 4.78 is 0. The lowest BCUT2D eigenvalue weighted by Crippen LogP contribution is -2.24. The van der Waals surface area contributed by atoms with Crippen molar-refractivity contribution in [3.63, 3.8) is 0 Å². The van der Waals surface area contributed by atoms with Gasteiger partial charge in [0.05, 0.1) is 0 Å². The van der Waals surface area contributed by atoms with Crippen molar-refractivity contribution in [2.24, 2.45) is 0 Å². The van der Waals surface area contributed by atoms with Crippen LogP contribution in [-0.4, -0.2) is 0 Å². The average molecular weight is 329 g/mol. The highest BCUT2D eigenvalue weighted by molar-refractivity contribution is 5.60. The molecule has 1 atom stereocenters. The van der Waals surface area contributed by atoms with Crippen LogP contribution in [0.4, 0.5) is 0 Å². The van der Waals surface area contributed by atoms with Gasteiger partial charge < -0.3 is 5.32 Å². The van der Waals surface area contributed by atoms with Gasteiger partial charge in [-0.05, 0) is 74.6 Å². The first-order valence-electron chi connectivity index (χ1n) is 8.54. The standard InChI is InChI=1S/C24H27N/c1-9-17(7)24-22(16(5)6)23(21(14-25-24)15(3)4)20-12-11-19(10-2)13-18(20)8/h2,9,11-14,23,25H,3,5H2,1,4,6-8H3/b17-9-/t23-/m0/s1. The van der Waals surface area contributed by atoms with Crippen LogP contribution in [0, 0.1) is 19.3 Å². The second kappa shape index (κ2) is 7.45. The smallest absolute Gasteiger partial charge is 0.0451 e. The third-order valence-electron chi connectivity index (χ3n) is 4.77. The van der Waals surface area contributed by atoms with Gasteiger partial charge in [-0.1, -0.05) is 42.4 Å². The van der Waals surface area contributed by atoms with Gasteiger partial charge in [-0.25, -0.2) is 0 Å². The summed E-state index contributed by atoms with van der Waals surface area (Å²) >= 11 is 0. The summed E-state index contributed by atoms with van der Waals surface area (Å²) in [5.74, 6) is 2.82. The zero-order valence-corrected chi connectivity index (χ0v) is 16.0. The molecule has 0 amide bonds. The maximum absolute atomic E-state index is 5.56. The van der Waals surface area contributed by atoms with Crippen LogP contribution in [0.1, 0.15) is 50.3 Å². The van der Waals surface area contributed by atoms with Gasteiger partial charge in [-0.3, -0.25) is 0 Å². The van der Waals surface area contributed by atoms with Gasteiger partial charge in [0.15, 0.2) is 0 Å². The predicted octanol–water partition coefficient (Wildman–Crippen LogP) is 5.92. The summed E-state index contributed by atoms with van der Waals surface area (Å²) in [6.45, 7) is 18.9. The molecule has 1 aliphatic heterocycles. The maximum atomic E-state index is 5.56. The highest BCUT2D eigenvalue weighted by Gasteiger charge is 2.29. The molecule has 1 aromatic rings. The Morgan fingerprint density at radius 3 is 2.36 bits per heavy atom. The summed E-state index contributed by atoms with van der Waals surface area (Å²) in [6.07, 6.45) is 9.76. The molecule has 0 bridgehead atoms. The van der Waals surface area contributed by atoms with E-state index in [4.69, 9.17) is 6.42 Å². The quantitative estimate of drug-likeness (QED) is 0.676. The van der Waals surface area contributed by atoms with Crippen LogP contribution in [0.2, 0.25) is 0 Å². The molecular formula is C24H27N. The van der Waals surface area contributed by atoms with Gasteiger partial charge in [0.25, 0.3) is 0 Å². The molecule has 1 heterocycles. The first-order chi connectivity index (χ1) is 11.8. The minimum absolute atomic E-state index is 0.105. The van der Waals surface area contributed by atoms with E-state index in [1.807, 2.05) is 6.07 Å². The second-order valence-corrected chi connectivity index (χ2v) is 6.71. The van der Waals surface area contributed by atoms with Gasteiger partial charge in [-0.2, -0.15) is 0 Å². The Morgan fingerprint density at radius 1 is 1.20 bits per heavy atom. The van der Waals surface area contributed by atoms with E-state index in [1.165, 1.54) is 27.8 Å². The lowest BCUT2D eigenvalue weighted by molar-refractivity contribution is 0.830. The van der Waals surface area contributed by atoms with Crippen LogP contribution in [0.5, 0.6) is 0 Å². The highest BCUT2D eigenvalue weighted by atomic mass is 14.9. The molecule has 1 N–H and O–H groups in total. The Labute approximate surface area is 152 Å². The number of rotatable bonds is 4.